The zero-order valence-corrected chi connectivity index (χ0v) is 13.6. The smallest absolute Gasteiger partial charge is 0.311 e. The molecule has 3 nitrogen and oxygen atoms in total. The SMILES string of the molecule is Cc1ccc(C)c(CC(C(=O)O)c2cccc(N(C)C)c2)c1. The molecule has 2 aromatic carbocycles. The van der Waals surface area contributed by atoms with E-state index in [1.54, 1.807) is 0 Å². The lowest BCUT2D eigenvalue weighted by Crippen LogP contribution is -2.16. The molecular formula is C19H23NO2. The summed E-state index contributed by atoms with van der Waals surface area (Å²) in [4.78, 5) is 13.8. The maximum absolute atomic E-state index is 11.8. The molecule has 22 heavy (non-hydrogen) atoms. The summed E-state index contributed by atoms with van der Waals surface area (Å²) in [6, 6.07) is 14.0. The van der Waals surface area contributed by atoms with E-state index in [0.29, 0.717) is 6.42 Å². The van der Waals surface area contributed by atoms with Gasteiger partial charge in [0.15, 0.2) is 0 Å². The van der Waals surface area contributed by atoms with Crippen LogP contribution in [0.2, 0.25) is 0 Å². The highest BCUT2D eigenvalue weighted by molar-refractivity contribution is 5.77. The van der Waals surface area contributed by atoms with Crippen LogP contribution in [0, 0.1) is 13.8 Å². The second kappa shape index (κ2) is 6.65. The summed E-state index contributed by atoms with van der Waals surface area (Å²) >= 11 is 0. The number of aliphatic carboxylic acids is 1. The van der Waals surface area contributed by atoms with E-state index in [-0.39, 0.29) is 0 Å². The first kappa shape index (κ1) is 16.1. The predicted molar refractivity (Wildman–Crippen MR) is 90.8 cm³/mol. The third-order valence-electron chi connectivity index (χ3n) is 4.02. The van der Waals surface area contributed by atoms with Gasteiger partial charge in [0, 0.05) is 19.8 Å². The maximum Gasteiger partial charge on any atom is 0.311 e. The van der Waals surface area contributed by atoms with Crippen molar-refractivity contribution in [1.29, 1.82) is 0 Å². The van der Waals surface area contributed by atoms with Crippen LogP contribution in [-0.4, -0.2) is 25.2 Å². The number of carboxylic acids is 1. The molecule has 0 radical (unpaired) electrons. The summed E-state index contributed by atoms with van der Waals surface area (Å²) in [5, 5.41) is 9.66. The molecule has 0 saturated heterocycles. The lowest BCUT2D eigenvalue weighted by atomic mass is 9.89. The number of nitrogens with zero attached hydrogens (tertiary/aromatic N) is 1. The summed E-state index contributed by atoms with van der Waals surface area (Å²) in [6.07, 6.45) is 0.514. The van der Waals surface area contributed by atoms with E-state index >= 15 is 0 Å². The normalized spacial score (nSPS) is 12.0. The van der Waals surface area contributed by atoms with Gasteiger partial charge in [0.05, 0.1) is 5.92 Å². The van der Waals surface area contributed by atoms with Crippen molar-refractivity contribution in [2.75, 3.05) is 19.0 Å². The zero-order valence-electron chi connectivity index (χ0n) is 13.6. The number of hydrogen-bond donors (Lipinski definition) is 1. The minimum Gasteiger partial charge on any atom is -0.481 e. The van der Waals surface area contributed by atoms with Crippen molar-refractivity contribution >= 4 is 11.7 Å². The summed E-state index contributed by atoms with van der Waals surface area (Å²) in [6.45, 7) is 4.06. The topological polar surface area (TPSA) is 40.5 Å². The van der Waals surface area contributed by atoms with Gasteiger partial charge in [-0.2, -0.15) is 0 Å². The summed E-state index contributed by atoms with van der Waals surface area (Å²) < 4.78 is 0. The molecule has 0 aliphatic rings. The van der Waals surface area contributed by atoms with Crippen LogP contribution in [0.5, 0.6) is 0 Å². The van der Waals surface area contributed by atoms with Crippen LogP contribution in [-0.2, 0) is 11.2 Å². The largest absolute Gasteiger partial charge is 0.481 e. The van der Waals surface area contributed by atoms with Crippen LogP contribution in [0.4, 0.5) is 5.69 Å². The number of aryl methyl sites for hydroxylation is 2. The Morgan fingerprint density at radius 3 is 2.50 bits per heavy atom. The van der Waals surface area contributed by atoms with Gasteiger partial charge in [0.2, 0.25) is 0 Å². The first-order valence-electron chi connectivity index (χ1n) is 7.44. The molecule has 116 valence electrons. The molecule has 0 bridgehead atoms. The third kappa shape index (κ3) is 3.67. The first-order chi connectivity index (χ1) is 10.4. The highest BCUT2D eigenvalue weighted by Gasteiger charge is 2.21. The molecule has 0 fully saturated rings. The molecular weight excluding hydrogens is 274 g/mol. The van der Waals surface area contributed by atoms with Gasteiger partial charge >= 0.3 is 5.97 Å². The standard InChI is InChI=1S/C19H23NO2/c1-13-8-9-14(2)16(10-13)12-18(19(21)22)15-6-5-7-17(11-15)20(3)4/h5-11,18H,12H2,1-4H3,(H,21,22). The fourth-order valence-electron chi connectivity index (χ4n) is 2.61. The van der Waals surface area contributed by atoms with Crippen molar-refractivity contribution in [3.8, 4) is 0 Å². The molecule has 0 aliphatic heterocycles. The van der Waals surface area contributed by atoms with E-state index in [4.69, 9.17) is 0 Å². The Morgan fingerprint density at radius 1 is 1.14 bits per heavy atom. The lowest BCUT2D eigenvalue weighted by molar-refractivity contribution is -0.138. The Morgan fingerprint density at radius 2 is 1.86 bits per heavy atom. The average molecular weight is 297 g/mol. The molecule has 0 spiro atoms. The quantitative estimate of drug-likeness (QED) is 0.913. The molecule has 0 aliphatic carbocycles. The van der Waals surface area contributed by atoms with Crippen LogP contribution in [0.15, 0.2) is 42.5 Å². The number of hydrogen-bond acceptors (Lipinski definition) is 2. The van der Waals surface area contributed by atoms with Crippen LogP contribution < -0.4 is 4.90 Å². The van der Waals surface area contributed by atoms with Gasteiger partial charge in [0.25, 0.3) is 0 Å². The molecule has 2 rings (SSSR count). The Kier molecular flexibility index (Phi) is 4.86. The van der Waals surface area contributed by atoms with Crippen molar-refractivity contribution in [3.63, 3.8) is 0 Å². The molecule has 0 amide bonds. The van der Waals surface area contributed by atoms with E-state index in [1.807, 2.05) is 57.1 Å². The Balaban J connectivity index is 2.37. The van der Waals surface area contributed by atoms with E-state index in [1.165, 1.54) is 0 Å². The van der Waals surface area contributed by atoms with Crippen molar-refractivity contribution < 1.29 is 9.90 Å². The van der Waals surface area contributed by atoms with E-state index < -0.39 is 11.9 Å². The summed E-state index contributed by atoms with van der Waals surface area (Å²) in [5.74, 6) is -1.31. The number of anilines is 1. The second-order valence-electron chi connectivity index (χ2n) is 6.01. The lowest BCUT2D eigenvalue weighted by Gasteiger charge is -2.18. The van der Waals surface area contributed by atoms with Gasteiger partial charge < -0.3 is 10.0 Å². The van der Waals surface area contributed by atoms with Crippen LogP contribution in [0.1, 0.15) is 28.2 Å². The number of benzene rings is 2. The summed E-state index contributed by atoms with van der Waals surface area (Å²) in [7, 11) is 3.92. The monoisotopic (exact) mass is 297 g/mol. The van der Waals surface area contributed by atoms with Gasteiger partial charge in [-0.15, -0.1) is 0 Å². The highest BCUT2D eigenvalue weighted by Crippen LogP contribution is 2.26. The molecule has 3 heteroatoms. The van der Waals surface area contributed by atoms with E-state index in [9.17, 15) is 9.90 Å². The van der Waals surface area contributed by atoms with Gasteiger partial charge in [0.1, 0.15) is 0 Å². The average Bonchev–Trinajstić information content (AvgIpc) is 2.47. The van der Waals surface area contributed by atoms with E-state index in [2.05, 4.69) is 18.2 Å². The van der Waals surface area contributed by atoms with Crippen molar-refractivity contribution in [2.24, 2.45) is 0 Å². The predicted octanol–water partition coefficient (Wildman–Crippen LogP) is 3.78. The van der Waals surface area contributed by atoms with Gasteiger partial charge in [-0.3, -0.25) is 4.79 Å². The fraction of sp³-hybridized carbons (Fsp3) is 0.316. The van der Waals surface area contributed by atoms with Gasteiger partial charge in [-0.1, -0.05) is 35.9 Å². The molecule has 2 aromatic rings. The van der Waals surface area contributed by atoms with Crippen molar-refractivity contribution in [3.05, 3.63) is 64.7 Å². The maximum atomic E-state index is 11.8. The fourth-order valence-corrected chi connectivity index (χ4v) is 2.61. The number of rotatable bonds is 5. The molecule has 1 N–H and O–H groups in total. The molecule has 1 atom stereocenters. The molecule has 0 saturated carbocycles. The Labute approximate surface area is 132 Å². The molecule has 0 heterocycles. The van der Waals surface area contributed by atoms with E-state index in [0.717, 1.165) is 27.9 Å². The minimum absolute atomic E-state index is 0.514. The second-order valence-corrected chi connectivity index (χ2v) is 6.01. The third-order valence-corrected chi connectivity index (χ3v) is 4.02. The van der Waals surface area contributed by atoms with Crippen molar-refractivity contribution in [2.45, 2.75) is 26.2 Å². The molecule has 0 aromatic heterocycles. The highest BCUT2D eigenvalue weighted by atomic mass is 16.4. The van der Waals surface area contributed by atoms with Crippen LogP contribution in [0.3, 0.4) is 0 Å². The Bertz CT molecular complexity index is 677. The number of carboxylic acid groups (broad SMARTS) is 1. The summed E-state index contributed by atoms with van der Waals surface area (Å²) in [5.41, 5.74) is 5.26. The van der Waals surface area contributed by atoms with Crippen molar-refractivity contribution in [1.82, 2.24) is 0 Å². The molecule has 1 unspecified atom stereocenters. The number of carbonyl (C=O) groups is 1. The van der Waals surface area contributed by atoms with Gasteiger partial charge in [-0.05, 0) is 49.1 Å². The first-order valence-corrected chi connectivity index (χ1v) is 7.44. The van der Waals surface area contributed by atoms with Crippen LogP contribution >= 0.6 is 0 Å². The zero-order chi connectivity index (χ0) is 16.3. The van der Waals surface area contributed by atoms with Crippen LogP contribution in [0.25, 0.3) is 0 Å². The Hall–Kier alpha value is -2.29. The van der Waals surface area contributed by atoms with Gasteiger partial charge in [-0.25, -0.2) is 0 Å². The minimum atomic E-state index is -0.781.